The summed E-state index contributed by atoms with van der Waals surface area (Å²) in [5.41, 5.74) is 1.78. The van der Waals surface area contributed by atoms with Crippen molar-refractivity contribution < 1.29 is 14.3 Å². The van der Waals surface area contributed by atoms with Gasteiger partial charge < -0.3 is 15.0 Å². The SMILES string of the molecule is C#CCOC(=O)N1CCC(c2nc(C(=O)NC3CCN(Cc4ccccc4)C3)cs2)CC1. The Morgan fingerprint density at radius 2 is 1.97 bits per heavy atom. The van der Waals surface area contributed by atoms with Crippen molar-refractivity contribution >= 4 is 23.3 Å². The molecule has 2 amide bonds. The van der Waals surface area contributed by atoms with Gasteiger partial charge in [-0.25, -0.2) is 9.78 Å². The fourth-order valence-corrected chi connectivity index (χ4v) is 5.25. The Hall–Kier alpha value is -2.89. The molecule has 0 aliphatic carbocycles. The summed E-state index contributed by atoms with van der Waals surface area (Å²) in [6.07, 6.45) is 7.32. The summed E-state index contributed by atoms with van der Waals surface area (Å²) in [6.45, 7) is 3.94. The second-order valence-corrected chi connectivity index (χ2v) is 9.16. The summed E-state index contributed by atoms with van der Waals surface area (Å²) < 4.78 is 4.99. The van der Waals surface area contributed by atoms with Gasteiger partial charge in [-0.3, -0.25) is 9.69 Å². The molecule has 4 rings (SSSR count). The Morgan fingerprint density at radius 1 is 1.19 bits per heavy atom. The normalized spacial score (nSPS) is 19.5. The number of carbonyl (C=O) groups excluding carboxylic acids is 2. The van der Waals surface area contributed by atoms with E-state index in [1.165, 1.54) is 16.9 Å². The van der Waals surface area contributed by atoms with Gasteiger partial charge in [-0.1, -0.05) is 36.3 Å². The van der Waals surface area contributed by atoms with Gasteiger partial charge in [-0.15, -0.1) is 17.8 Å². The highest BCUT2D eigenvalue weighted by Crippen LogP contribution is 2.30. The van der Waals surface area contributed by atoms with Crippen molar-refractivity contribution in [3.05, 3.63) is 52.0 Å². The summed E-state index contributed by atoms with van der Waals surface area (Å²) in [5, 5.41) is 5.95. The van der Waals surface area contributed by atoms with E-state index >= 15 is 0 Å². The van der Waals surface area contributed by atoms with Crippen molar-refractivity contribution in [2.45, 2.75) is 37.8 Å². The van der Waals surface area contributed by atoms with Gasteiger partial charge in [0.1, 0.15) is 5.69 Å². The summed E-state index contributed by atoms with van der Waals surface area (Å²) in [7, 11) is 0. The number of rotatable bonds is 6. The Bertz CT molecular complexity index is 963. The van der Waals surface area contributed by atoms with E-state index in [4.69, 9.17) is 11.2 Å². The van der Waals surface area contributed by atoms with E-state index in [1.54, 1.807) is 4.90 Å². The molecule has 1 aromatic carbocycles. The lowest BCUT2D eigenvalue weighted by Crippen LogP contribution is -2.38. The van der Waals surface area contributed by atoms with Crippen molar-refractivity contribution in [1.29, 1.82) is 0 Å². The number of benzene rings is 1. The molecule has 7 nitrogen and oxygen atoms in total. The number of ether oxygens (including phenoxy) is 1. The van der Waals surface area contributed by atoms with Gasteiger partial charge in [-0.05, 0) is 24.8 Å². The highest BCUT2D eigenvalue weighted by molar-refractivity contribution is 7.09. The lowest BCUT2D eigenvalue weighted by molar-refractivity contribution is 0.0933. The minimum atomic E-state index is -0.363. The topological polar surface area (TPSA) is 74.8 Å². The molecule has 8 heteroatoms. The number of piperidine rings is 1. The maximum Gasteiger partial charge on any atom is 0.410 e. The van der Waals surface area contributed by atoms with Gasteiger partial charge in [0, 0.05) is 50.1 Å². The van der Waals surface area contributed by atoms with Crippen LogP contribution in [0.2, 0.25) is 0 Å². The molecule has 0 bridgehead atoms. The number of aromatic nitrogens is 1. The molecule has 168 valence electrons. The van der Waals surface area contributed by atoms with E-state index < -0.39 is 0 Å². The minimum Gasteiger partial charge on any atom is -0.436 e. The van der Waals surface area contributed by atoms with Crippen LogP contribution in [0.5, 0.6) is 0 Å². The first-order valence-corrected chi connectivity index (χ1v) is 11.9. The quantitative estimate of drug-likeness (QED) is 0.682. The van der Waals surface area contributed by atoms with E-state index in [9.17, 15) is 9.59 Å². The zero-order chi connectivity index (χ0) is 22.3. The van der Waals surface area contributed by atoms with E-state index in [2.05, 4.69) is 45.4 Å². The third-order valence-corrected chi connectivity index (χ3v) is 7.00. The highest BCUT2D eigenvalue weighted by atomic mass is 32.1. The van der Waals surface area contributed by atoms with Crippen molar-refractivity contribution in [3.8, 4) is 12.3 Å². The van der Waals surface area contributed by atoms with Crippen LogP contribution in [0.4, 0.5) is 4.79 Å². The molecular weight excluding hydrogens is 424 g/mol. The van der Waals surface area contributed by atoms with Gasteiger partial charge in [0.15, 0.2) is 6.61 Å². The first-order chi connectivity index (χ1) is 15.6. The van der Waals surface area contributed by atoms with Crippen LogP contribution in [0.15, 0.2) is 35.7 Å². The molecule has 0 saturated carbocycles. The van der Waals surface area contributed by atoms with Crippen molar-refractivity contribution in [2.24, 2.45) is 0 Å². The molecule has 3 heterocycles. The van der Waals surface area contributed by atoms with Gasteiger partial charge >= 0.3 is 6.09 Å². The average molecular weight is 453 g/mol. The summed E-state index contributed by atoms with van der Waals surface area (Å²) in [4.78, 5) is 33.3. The zero-order valence-corrected chi connectivity index (χ0v) is 18.9. The summed E-state index contributed by atoms with van der Waals surface area (Å²) in [5.74, 6) is 2.46. The maximum absolute atomic E-state index is 12.7. The summed E-state index contributed by atoms with van der Waals surface area (Å²) >= 11 is 1.52. The number of hydrogen-bond acceptors (Lipinski definition) is 6. The zero-order valence-electron chi connectivity index (χ0n) is 18.0. The Kier molecular flexibility index (Phi) is 7.40. The third-order valence-electron chi connectivity index (χ3n) is 5.99. The van der Waals surface area contributed by atoms with Crippen LogP contribution in [0.25, 0.3) is 0 Å². The van der Waals surface area contributed by atoms with Crippen LogP contribution < -0.4 is 5.32 Å². The van der Waals surface area contributed by atoms with E-state index in [-0.39, 0.29) is 30.6 Å². The average Bonchev–Trinajstić information content (AvgIpc) is 3.48. The Balaban J connectivity index is 1.24. The maximum atomic E-state index is 12.7. The molecule has 0 radical (unpaired) electrons. The number of nitrogens with one attached hydrogen (secondary N) is 1. The molecule has 32 heavy (non-hydrogen) atoms. The van der Waals surface area contributed by atoms with Gasteiger partial charge in [0.05, 0.1) is 5.01 Å². The van der Waals surface area contributed by atoms with E-state index in [1.807, 2.05) is 11.4 Å². The molecule has 2 aliphatic rings. The number of hydrogen-bond donors (Lipinski definition) is 1. The van der Waals surface area contributed by atoms with Crippen LogP contribution in [0.1, 0.15) is 46.2 Å². The largest absolute Gasteiger partial charge is 0.436 e. The molecule has 1 N–H and O–H groups in total. The number of carbonyl (C=O) groups is 2. The smallest absolute Gasteiger partial charge is 0.410 e. The van der Waals surface area contributed by atoms with Crippen molar-refractivity contribution in [3.63, 3.8) is 0 Å². The highest BCUT2D eigenvalue weighted by Gasteiger charge is 2.28. The molecule has 2 saturated heterocycles. The van der Waals surface area contributed by atoms with Crippen molar-refractivity contribution in [2.75, 3.05) is 32.8 Å². The lowest BCUT2D eigenvalue weighted by atomic mass is 9.98. The molecule has 2 aromatic rings. The number of likely N-dealkylation sites (tertiary alicyclic amines) is 2. The van der Waals surface area contributed by atoms with Crippen LogP contribution in [0.3, 0.4) is 0 Å². The minimum absolute atomic E-state index is 0.00524. The Morgan fingerprint density at radius 3 is 2.72 bits per heavy atom. The van der Waals surface area contributed by atoms with Crippen LogP contribution >= 0.6 is 11.3 Å². The van der Waals surface area contributed by atoms with E-state index in [0.29, 0.717) is 18.8 Å². The standard InChI is InChI=1S/C24H28N4O3S/c1-2-14-31-24(30)28-12-8-19(9-13-28)23-26-21(17-32-23)22(29)25-20-10-11-27(16-20)15-18-6-4-3-5-7-18/h1,3-7,17,19-20H,8-16H2,(H,25,29). The fourth-order valence-electron chi connectivity index (χ4n) is 4.28. The summed E-state index contributed by atoms with van der Waals surface area (Å²) in [6, 6.07) is 10.5. The lowest BCUT2D eigenvalue weighted by Gasteiger charge is -2.30. The molecule has 1 unspecified atom stereocenters. The van der Waals surface area contributed by atoms with Gasteiger partial charge in [-0.2, -0.15) is 0 Å². The third kappa shape index (κ3) is 5.67. The van der Waals surface area contributed by atoms with Gasteiger partial charge in [0.2, 0.25) is 0 Å². The Labute approximate surface area is 192 Å². The number of thiazole rings is 1. The second-order valence-electron chi connectivity index (χ2n) is 8.27. The molecule has 0 spiro atoms. The number of nitrogens with zero attached hydrogens (tertiary/aromatic N) is 3. The number of amides is 2. The fraction of sp³-hybridized carbons (Fsp3) is 0.458. The second kappa shape index (κ2) is 10.6. The first-order valence-electron chi connectivity index (χ1n) is 11.0. The van der Waals surface area contributed by atoms with E-state index in [0.717, 1.165) is 43.9 Å². The van der Waals surface area contributed by atoms with Crippen LogP contribution in [-0.4, -0.2) is 65.6 Å². The number of terminal acetylenes is 1. The predicted molar refractivity (Wildman–Crippen MR) is 123 cm³/mol. The molecular formula is C24H28N4O3S. The van der Waals surface area contributed by atoms with Crippen molar-refractivity contribution in [1.82, 2.24) is 20.1 Å². The van der Waals surface area contributed by atoms with Crippen LogP contribution in [0, 0.1) is 12.3 Å². The molecule has 1 atom stereocenters. The van der Waals surface area contributed by atoms with Gasteiger partial charge in [0.25, 0.3) is 5.91 Å². The van der Waals surface area contributed by atoms with Crippen LogP contribution in [-0.2, 0) is 11.3 Å². The monoisotopic (exact) mass is 452 g/mol. The molecule has 2 aliphatic heterocycles. The first kappa shape index (κ1) is 22.3. The molecule has 1 aromatic heterocycles. The molecule has 2 fully saturated rings. The predicted octanol–water partition coefficient (Wildman–Crippen LogP) is 3.10.